The summed E-state index contributed by atoms with van der Waals surface area (Å²) in [5.41, 5.74) is 1.13. The van der Waals surface area contributed by atoms with Crippen molar-refractivity contribution in [2.24, 2.45) is 0 Å². The maximum atomic E-state index is 13.7. The largest absolute Gasteiger partial charge is 0.355 e. The molecule has 1 aromatic carbocycles. The summed E-state index contributed by atoms with van der Waals surface area (Å²) >= 11 is 5.70. The first-order valence-electron chi connectivity index (χ1n) is 5.78. The lowest BCUT2D eigenvalue weighted by Gasteiger charge is -2.11. The van der Waals surface area contributed by atoms with Gasteiger partial charge in [-0.15, -0.1) is 0 Å². The zero-order valence-electron chi connectivity index (χ0n) is 10.9. The molecule has 0 spiro atoms. The predicted octanol–water partition coefficient (Wildman–Crippen LogP) is 2.68. The number of hydrogen-bond donors (Lipinski definition) is 2. The van der Waals surface area contributed by atoms with Crippen LogP contribution in [0.3, 0.4) is 0 Å². The fourth-order valence-corrected chi connectivity index (χ4v) is 1.71. The molecular formula is C13H12ClFN4O. The van der Waals surface area contributed by atoms with Crippen LogP contribution in [-0.2, 0) is 0 Å². The van der Waals surface area contributed by atoms with Crippen LogP contribution in [0.1, 0.15) is 15.9 Å². The van der Waals surface area contributed by atoms with Crippen LogP contribution in [0.25, 0.3) is 0 Å². The van der Waals surface area contributed by atoms with E-state index >= 15 is 0 Å². The van der Waals surface area contributed by atoms with Crippen LogP contribution in [-0.4, -0.2) is 22.9 Å². The molecule has 5 nitrogen and oxygen atoms in total. The number of carbonyl (C=O) groups excluding carboxylic acids is 1. The van der Waals surface area contributed by atoms with E-state index in [-0.39, 0.29) is 5.56 Å². The number of aromatic nitrogens is 2. The van der Waals surface area contributed by atoms with Crippen molar-refractivity contribution in [3.63, 3.8) is 0 Å². The summed E-state index contributed by atoms with van der Waals surface area (Å²) < 4.78 is 13.7. The van der Waals surface area contributed by atoms with Crippen molar-refractivity contribution in [3.05, 3.63) is 46.5 Å². The number of nitrogens with one attached hydrogen (secondary N) is 2. The number of aryl methyl sites for hydroxylation is 1. The molecule has 0 aliphatic rings. The minimum atomic E-state index is -0.579. The number of benzene rings is 1. The number of hydrogen-bond acceptors (Lipinski definition) is 4. The third-order valence-electron chi connectivity index (χ3n) is 2.65. The first-order chi connectivity index (χ1) is 9.51. The van der Waals surface area contributed by atoms with Gasteiger partial charge in [-0.2, -0.15) is 0 Å². The first-order valence-corrected chi connectivity index (χ1v) is 6.16. The molecule has 2 aromatic rings. The van der Waals surface area contributed by atoms with Crippen molar-refractivity contribution in [1.29, 1.82) is 0 Å². The minimum absolute atomic E-state index is 0.0467. The summed E-state index contributed by atoms with van der Waals surface area (Å²) in [7, 11) is 1.44. The molecule has 2 N–H and O–H groups in total. The lowest BCUT2D eigenvalue weighted by molar-refractivity contribution is 0.0959. The van der Waals surface area contributed by atoms with Crippen LogP contribution in [0.15, 0.2) is 24.5 Å². The second kappa shape index (κ2) is 5.83. The van der Waals surface area contributed by atoms with E-state index < -0.39 is 11.7 Å². The van der Waals surface area contributed by atoms with Crippen LogP contribution in [0, 0.1) is 12.7 Å². The molecule has 2 rings (SSSR count). The Morgan fingerprint density at radius 1 is 1.30 bits per heavy atom. The summed E-state index contributed by atoms with van der Waals surface area (Å²) in [6.45, 7) is 1.72. The van der Waals surface area contributed by atoms with Gasteiger partial charge in [0.1, 0.15) is 5.82 Å². The number of rotatable bonds is 3. The Labute approximate surface area is 120 Å². The van der Waals surface area contributed by atoms with Crippen molar-refractivity contribution in [1.82, 2.24) is 15.3 Å². The van der Waals surface area contributed by atoms with E-state index in [0.29, 0.717) is 22.2 Å². The van der Waals surface area contributed by atoms with Gasteiger partial charge in [0.2, 0.25) is 5.95 Å². The summed E-state index contributed by atoms with van der Waals surface area (Å²) in [4.78, 5) is 19.5. The van der Waals surface area contributed by atoms with Gasteiger partial charge in [0.05, 0.1) is 23.0 Å². The second-order valence-corrected chi connectivity index (χ2v) is 4.51. The number of halogens is 2. The topological polar surface area (TPSA) is 66.9 Å². The van der Waals surface area contributed by atoms with E-state index in [0.717, 1.165) is 0 Å². The monoisotopic (exact) mass is 294 g/mol. The van der Waals surface area contributed by atoms with Crippen molar-refractivity contribution in [2.75, 3.05) is 12.4 Å². The lowest BCUT2D eigenvalue weighted by Crippen LogP contribution is -2.19. The molecule has 0 aliphatic heterocycles. The molecule has 0 fully saturated rings. The van der Waals surface area contributed by atoms with E-state index in [2.05, 4.69) is 20.6 Å². The average Bonchev–Trinajstić information content (AvgIpc) is 2.43. The molecular weight excluding hydrogens is 283 g/mol. The molecule has 0 saturated heterocycles. The van der Waals surface area contributed by atoms with Gasteiger partial charge in [0.25, 0.3) is 5.91 Å². The fraction of sp³-hybridized carbons (Fsp3) is 0.154. The van der Waals surface area contributed by atoms with Gasteiger partial charge in [0.15, 0.2) is 0 Å². The fourth-order valence-electron chi connectivity index (χ4n) is 1.61. The van der Waals surface area contributed by atoms with Crippen molar-refractivity contribution < 1.29 is 9.18 Å². The Hall–Kier alpha value is -2.21. The van der Waals surface area contributed by atoms with Crippen molar-refractivity contribution in [2.45, 2.75) is 6.92 Å². The second-order valence-electron chi connectivity index (χ2n) is 4.08. The Balaban J connectivity index is 2.36. The molecule has 0 aliphatic carbocycles. The van der Waals surface area contributed by atoms with Crippen LogP contribution >= 0.6 is 11.6 Å². The first kappa shape index (κ1) is 14.2. The molecule has 1 heterocycles. The number of nitrogens with zero attached hydrogens (tertiary/aromatic N) is 2. The summed E-state index contributed by atoms with van der Waals surface area (Å²) in [5, 5.41) is 5.72. The molecule has 0 saturated carbocycles. The van der Waals surface area contributed by atoms with Crippen LogP contribution in [0.5, 0.6) is 0 Å². The van der Waals surface area contributed by atoms with E-state index in [1.807, 2.05) is 0 Å². The Kier molecular flexibility index (Phi) is 4.14. The maximum Gasteiger partial charge on any atom is 0.254 e. The standard InChI is InChI=1S/C13H12ClFN4O/c1-7-3-10(15)9(12(20)16-2)4-11(7)19-13-17-5-8(14)6-18-13/h3-6H,1-2H3,(H,16,20)(H,17,18,19). The zero-order valence-corrected chi connectivity index (χ0v) is 11.6. The highest BCUT2D eigenvalue weighted by Gasteiger charge is 2.13. The minimum Gasteiger partial charge on any atom is -0.355 e. The van der Waals surface area contributed by atoms with Crippen molar-refractivity contribution in [3.8, 4) is 0 Å². The van der Waals surface area contributed by atoms with E-state index in [1.165, 1.54) is 31.6 Å². The molecule has 1 amide bonds. The van der Waals surface area contributed by atoms with Crippen LogP contribution in [0.4, 0.5) is 16.0 Å². The highest BCUT2D eigenvalue weighted by atomic mass is 35.5. The van der Waals surface area contributed by atoms with Gasteiger partial charge in [-0.05, 0) is 24.6 Å². The smallest absolute Gasteiger partial charge is 0.254 e. The SMILES string of the molecule is CNC(=O)c1cc(Nc2ncc(Cl)cn2)c(C)cc1F. The number of anilines is 2. The van der Waals surface area contributed by atoms with E-state index in [9.17, 15) is 9.18 Å². The van der Waals surface area contributed by atoms with E-state index in [4.69, 9.17) is 11.6 Å². The maximum absolute atomic E-state index is 13.7. The highest BCUT2D eigenvalue weighted by molar-refractivity contribution is 6.30. The molecule has 7 heteroatoms. The average molecular weight is 295 g/mol. The molecule has 0 atom stereocenters. The van der Waals surface area contributed by atoms with Gasteiger partial charge >= 0.3 is 0 Å². The zero-order chi connectivity index (χ0) is 14.7. The molecule has 0 radical (unpaired) electrons. The van der Waals surface area contributed by atoms with Gasteiger partial charge in [0, 0.05) is 12.7 Å². The lowest BCUT2D eigenvalue weighted by atomic mass is 10.1. The Morgan fingerprint density at radius 2 is 1.95 bits per heavy atom. The Bertz CT molecular complexity index is 646. The molecule has 0 bridgehead atoms. The highest BCUT2D eigenvalue weighted by Crippen LogP contribution is 2.22. The molecule has 0 unspecified atom stereocenters. The van der Waals surface area contributed by atoms with Gasteiger partial charge in [-0.3, -0.25) is 4.79 Å². The summed E-state index contributed by atoms with van der Waals surface area (Å²) in [6, 6.07) is 2.70. The summed E-state index contributed by atoms with van der Waals surface area (Å²) in [5.74, 6) is -0.765. The van der Waals surface area contributed by atoms with Gasteiger partial charge in [-0.1, -0.05) is 11.6 Å². The summed E-state index contributed by atoms with van der Waals surface area (Å²) in [6.07, 6.45) is 2.88. The normalized spacial score (nSPS) is 10.2. The molecule has 1 aromatic heterocycles. The third-order valence-corrected chi connectivity index (χ3v) is 2.85. The van der Waals surface area contributed by atoms with Gasteiger partial charge < -0.3 is 10.6 Å². The van der Waals surface area contributed by atoms with E-state index in [1.54, 1.807) is 6.92 Å². The Morgan fingerprint density at radius 3 is 2.55 bits per heavy atom. The van der Waals surface area contributed by atoms with Crippen molar-refractivity contribution >= 4 is 29.1 Å². The molecule has 20 heavy (non-hydrogen) atoms. The number of amides is 1. The van der Waals surface area contributed by atoms with Crippen LogP contribution in [0.2, 0.25) is 5.02 Å². The third kappa shape index (κ3) is 3.03. The van der Waals surface area contributed by atoms with Gasteiger partial charge in [-0.25, -0.2) is 14.4 Å². The molecule has 104 valence electrons. The predicted molar refractivity (Wildman–Crippen MR) is 74.9 cm³/mol. The number of carbonyl (C=O) groups is 1. The quantitative estimate of drug-likeness (QED) is 0.913. The van der Waals surface area contributed by atoms with Crippen LogP contribution < -0.4 is 10.6 Å².